The Hall–Kier alpha value is -2.04. The van der Waals surface area contributed by atoms with Gasteiger partial charge >= 0.3 is 0 Å². The highest BCUT2D eigenvalue weighted by atomic mass is 16.5. The van der Waals surface area contributed by atoms with Gasteiger partial charge in [0.25, 0.3) is 0 Å². The summed E-state index contributed by atoms with van der Waals surface area (Å²) >= 11 is 0. The van der Waals surface area contributed by atoms with Gasteiger partial charge in [-0.1, -0.05) is 12.1 Å². The van der Waals surface area contributed by atoms with E-state index in [1.165, 1.54) is 19.3 Å². The van der Waals surface area contributed by atoms with Gasteiger partial charge in [-0.3, -0.25) is 9.59 Å². The van der Waals surface area contributed by atoms with Crippen molar-refractivity contribution < 1.29 is 14.3 Å². The molecule has 4 saturated carbocycles. The third-order valence-electron chi connectivity index (χ3n) is 7.48. The molecule has 5 rings (SSSR count). The fourth-order valence-electron chi connectivity index (χ4n) is 6.34. The number of rotatable bonds is 9. The lowest BCUT2D eigenvalue weighted by atomic mass is 9.49. The molecule has 0 spiro atoms. The molecule has 30 heavy (non-hydrogen) atoms. The Kier molecular flexibility index (Phi) is 6.35. The first-order valence-corrected chi connectivity index (χ1v) is 11.7. The van der Waals surface area contributed by atoms with E-state index in [1.54, 1.807) is 4.90 Å². The number of nitrogens with one attached hydrogen (secondary N) is 1. The average molecular weight is 413 g/mol. The maximum atomic E-state index is 13.0. The molecule has 1 N–H and O–H groups in total. The van der Waals surface area contributed by atoms with Crippen molar-refractivity contribution in [3.63, 3.8) is 0 Å². The van der Waals surface area contributed by atoms with Gasteiger partial charge < -0.3 is 15.0 Å². The monoisotopic (exact) mass is 412 g/mol. The number of benzene rings is 1. The Morgan fingerprint density at radius 1 is 1.13 bits per heavy atom. The number of hydrogen-bond donors (Lipinski definition) is 1. The van der Waals surface area contributed by atoms with Crippen LogP contribution in [-0.4, -0.2) is 43.5 Å². The van der Waals surface area contributed by atoms with Gasteiger partial charge in [0.2, 0.25) is 11.8 Å². The number of carbonyl (C=O) groups is 2. The lowest BCUT2D eigenvalue weighted by Crippen LogP contribution is -2.53. The van der Waals surface area contributed by atoms with Gasteiger partial charge in [-0.05, 0) is 87.3 Å². The molecule has 1 aromatic rings. The quantitative estimate of drug-likeness (QED) is 0.625. The van der Waals surface area contributed by atoms with Crippen LogP contribution in [0.15, 0.2) is 24.3 Å². The van der Waals surface area contributed by atoms with E-state index in [4.69, 9.17) is 4.74 Å². The zero-order valence-corrected chi connectivity index (χ0v) is 18.5. The van der Waals surface area contributed by atoms with Gasteiger partial charge in [0.1, 0.15) is 12.4 Å². The normalized spacial score (nSPS) is 28.9. The summed E-state index contributed by atoms with van der Waals surface area (Å²) in [5.41, 5.74) is 1.07. The van der Waals surface area contributed by atoms with E-state index < -0.39 is 0 Å². The van der Waals surface area contributed by atoms with Crippen molar-refractivity contribution in [2.75, 3.05) is 26.7 Å². The van der Waals surface area contributed by atoms with Gasteiger partial charge in [-0.2, -0.15) is 0 Å². The van der Waals surface area contributed by atoms with Crippen LogP contribution in [-0.2, 0) is 9.59 Å². The first-order chi connectivity index (χ1) is 14.4. The van der Waals surface area contributed by atoms with E-state index >= 15 is 0 Å². The third-order valence-corrected chi connectivity index (χ3v) is 7.48. The Bertz CT molecular complexity index is 740. The first-order valence-electron chi connectivity index (χ1n) is 11.7. The molecule has 0 unspecified atom stereocenters. The Morgan fingerprint density at radius 3 is 2.43 bits per heavy atom. The summed E-state index contributed by atoms with van der Waals surface area (Å²) in [4.78, 5) is 27.0. The standard InChI is InChI=1S/C25H36N2O3/c1-18-5-3-6-22(11-18)30-10-9-27(2)23(28)7-4-8-26-24(29)25-15-19-12-20(16-25)14-21(13-19)17-25/h3,5-6,11,19-21H,4,7-10,12-17H2,1-2H3,(H,26,29). The largest absolute Gasteiger partial charge is 0.492 e. The highest BCUT2D eigenvalue weighted by molar-refractivity contribution is 5.83. The van der Waals surface area contributed by atoms with Crippen molar-refractivity contribution in [2.24, 2.45) is 23.2 Å². The maximum Gasteiger partial charge on any atom is 0.226 e. The lowest BCUT2D eigenvalue weighted by molar-refractivity contribution is -0.146. The van der Waals surface area contributed by atoms with Gasteiger partial charge in [-0.25, -0.2) is 0 Å². The molecule has 4 aliphatic carbocycles. The number of hydrogen-bond acceptors (Lipinski definition) is 3. The van der Waals surface area contributed by atoms with E-state index in [-0.39, 0.29) is 17.2 Å². The molecular weight excluding hydrogens is 376 g/mol. The van der Waals surface area contributed by atoms with Crippen LogP contribution in [0.5, 0.6) is 5.75 Å². The number of likely N-dealkylation sites (N-methyl/N-ethyl adjacent to an activating group) is 1. The fraction of sp³-hybridized carbons (Fsp3) is 0.680. The Balaban J connectivity index is 1.13. The summed E-state index contributed by atoms with van der Waals surface area (Å²) < 4.78 is 5.73. The first kappa shape index (κ1) is 21.2. The predicted octanol–water partition coefficient (Wildman–Crippen LogP) is 3.95. The van der Waals surface area contributed by atoms with Crippen LogP contribution in [0, 0.1) is 30.1 Å². The summed E-state index contributed by atoms with van der Waals surface area (Å²) in [5.74, 6) is 3.53. The number of amides is 2. The SMILES string of the molecule is Cc1cccc(OCCN(C)C(=O)CCCNC(=O)C23CC4CC(CC(C4)C2)C3)c1. The topological polar surface area (TPSA) is 58.6 Å². The van der Waals surface area contributed by atoms with Crippen LogP contribution in [0.2, 0.25) is 0 Å². The van der Waals surface area contributed by atoms with Crippen molar-refractivity contribution in [1.82, 2.24) is 10.2 Å². The number of nitrogens with zero attached hydrogens (tertiary/aromatic N) is 1. The second kappa shape index (κ2) is 8.99. The van der Waals surface area contributed by atoms with Crippen LogP contribution >= 0.6 is 0 Å². The number of ether oxygens (including phenoxy) is 1. The summed E-state index contributed by atoms with van der Waals surface area (Å²) in [6.07, 6.45) is 8.47. The molecule has 0 heterocycles. The summed E-state index contributed by atoms with van der Waals surface area (Å²) in [5, 5.41) is 3.17. The van der Waals surface area contributed by atoms with Crippen molar-refractivity contribution in [3.05, 3.63) is 29.8 Å². The van der Waals surface area contributed by atoms with Crippen LogP contribution in [0.1, 0.15) is 56.9 Å². The minimum atomic E-state index is -0.0946. The maximum absolute atomic E-state index is 13.0. The van der Waals surface area contributed by atoms with Gasteiger partial charge in [0, 0.05) is 25.4 Å². The molecule has 164 valence electrons. The molecular formula is C25H36N2O3. The van der Waals surface area contributed by atoms with E-state index in [9.17, 15) is 9.59 Å². The second-order valence-electron chi connectivity index (χ2n) is 10.0. The highest BCUT2D eigenvalue weighted by Crippen LogP contribution is 2.60. The van der Waals surface area contributed by atoms with E-state index in [0.29, 0.717) is 32.5 Å². The fourth-order valence-corrected chi connectivity index (χ4v) is 6.34. The summed E-state index contributed by atoms with van der Waals surface area (Å²) in [6.45, 7) is 3.67. The van der Waals surface area contributed by atoms with E-state index in [2.05, 4.69) is 5.32 Å². The Labute approximate surface area is 180 Å². The van der Waals surface area contributed by atoms with Gasteiger partial charge in [0.15, 0.2) is 0 Å². The average Bonchev–Trinajstić information content (AvgIpc) is 2.70. The van der Waals surface area contributed by atoms with Crippen molar-refractivity contribution in [3.8, 4) is 5.75 Å². The predicted molar refractivity (Wildman–Crippen MR) is 117 cm³/mol. The minimum absolute atomic E-state index is 0.0946. The molecule has 0 radical (unpaired) electrons. The zero-order chi connectivity index (χ0) is 21.1. The molecule has 0 saturated heterocycles. The van der Waals surface area contributed by atoms with Gasteiger partial charge in [0.05, 0.1) is 6.54 Å². The van der Waals surface area contributed by atoms with Crippen LogP contribution < -0.4 is 10.1 Å². The Morgan fingerprint density at radius 2 is 1.80 bits per heavy atom. The molecule has 4 aliphatic rings. The zero-order valence-electron chi connectivity index (χ0n) is 18.5. The van der Waals surface area contributed by atoms with Crippen LogP contribution in [0.3, 0.4) is 0 Å². The van der Waals surface area contributed by atoms with Crippen molar-refractivity contribution in [2.45, 2.75) is 58.3 Å². The summed E-state index contributed by atoms with van der Waals surface area (Å²) in [6, 6.07) is 7.93. The van der Waals surface area contributed by atoms with E-state index in [1.807, 2.05) is 38.2 Å². The molecule has 5 nitrogen and oxygen atoms in total. The van der Waals surface area contributed by atoms with Crippen LogP contribution in [0.25, 0.3) is 0 Å². The second-order valence-corrected chi connectivity index (χ2v) is 10.0. The summed E-state index contributed by atoms with van der Waals surface area (Å²) in [7, 11) is 1.82. The molecule has 0 aliphatic heterocycles. The minimum Gasteiger partial charge on any atom is -0.492 e. The van der Waals surface area contributed by atoms with Gasteiger partial charge in [-0.15, -0.1) is 0 Å². The van der Waals surface area contributed by atoms with Crippen molar-refractivity contribution in [1.29, 1.82) is 0 Å². The molecule has 0 atom stereocenters. The number of aryl methyl sites for hydroxylation is 1. The lowest BCUT2D eigenvalue weighted by Gasteiger charge is -2.55. The molecule has 2 amide bonds. The molecule has 4 bridgehead atoms. The molecule has 1 aromatic carbocycles. The van der Waals surface area contributed by atoms with Crippen LogP contribution in [0.4, 0.5) is 0 Å². The highest BCUT2D eigenvalue weighted by Gasteiger charge is 2.54. The van der Waals surface area contributed by atoms with Crippen molar-refractivity contribution >= 4 is 11.8 Å². The third kappa shape index (κ3) is 4.81. The van der Waals surface area contributed by atoms with E-state index in [0.717, 1.165) is 48.3 Å². The molecule has 0 aromatic heterocycles. The number of carbonyl (C=O) groups excluding carboxylic acids is 2. The smallest absolute Gasteiger partial charge is 0.226 e. The molecule has 5 heteroatoms. The molecule has 4 fully saturated rings.